The van der Waals surface area contributed by atoms with Gasteiger partial charge < -0.3 is 13.9 Å². The molecular formula is C24H24N2O5. The fourth-order valence-corrected chi connectivity index (χ4v) is 2.66. The normalized spacial score (nSPS) is 11.8. The summed E-state index contributed by atoms with van der Waals surface area (Å²) in [6.45, 7) is 4.18. The largest absolute Gasteiger partial charge is 0.484 e. The van der Waals surface area contributed by atoms with Crippen molar-refractivity contribution in [1.29, 1.82) is 0 Å². The van der Waals surface area contributed by atoms with Crippen molar-refractivity contribution >= 4 is 18.1 Å². The highest BCUT2D eigenvalue weighted by atomic mass is 16.5. The highest BCUT2D eigenvalue weighted by Gasteiger charge is 2.11. The Hall–Kier alpha value is -3.87. The molecule has 0 saturated carbocycles. The third-order valence-electron chi connectivity index (χ3n) is 4.65. The smallest absolute Gasteiger partial charge is 0.379 e. The summed E-state index contributed by atoms with van der Waals surface area (Å²) in [5, 5.41) is 3.91. The van der Waals surface area contributed by atoms with Gasteiger partial charge in [0.1, 0.15) is 11.5 Å². The maximum absolute atomic E-state index is 11.9. The maximum atomic E-state index is 11.9. The first-order valence-corrected chi connectivity index (χ1v) is 9.95. The number of rotatable bonds is 9. The number of hydrazone groups is 1. The molecule has 1 N–H and O–H groups in total. The Bertz CT molecular complexity index is 1010. The van der Waals surface area contributed by atoms with Gasteiger partial charge in [-0.25, -0.2) is 10.2 Å². The van der Waals surface area contributed by atoms with Crippen molar-refractivity contribution in [3.05, 3.63) is 83.8 Å². The standard InChI is InChI=1S/C24H24N2O5/c1-3-17(2)19-8-12-20(13-9-19)30-16-23(27)26-25-15-18-6-10-21(11-7-18)31-24(28)22-5-4-14-29-22/h4-15,17H,3,16H2,1-2H3,(H,26,27). The molecule has 7 heteroatoms. The maximum Gasteiger partial charge on any atom is 0.379 e. The highest BCUT2D eigenvalue weighted by molar-refractivity contribution is 5.88. The summed E-state index contributed by atoms with van der Waals surface area (Å²) in [5.74, 6) is 0.673. The summed E-state index contributed by atoms with van der Waals surface area (Å²) in [4.78, 5) is 23.7. The summed E-state index contributed by atoms with van der Waals surface area (Å²) in [5.41, 5.74) is 4.38. The molecule has 0 aliphatic carbocycles. The quantitative estimate of drug-likeness (QED) is 0.238. The van der Waals surface area contributed by atoms with Crippen LogP contribution >= 0.6 is 0 Å². The molecule has 1 heterocycles. The number of carbonyl (C=O) groups is 2. The van der Waals surface area contributed by atoms with Gasteiger partial charge in [-0.05, 0) is 72.0 Å². The summed E-state index contributed by atoms with van der Waals surface area (Å²) in [6, 6.07) is 17.5. The molecule has 1 amide bonds. The summed E-state index contributed by atoms with van der Waals surface area (Å²) in [6.07, 6.45) is 3.95. The molecule has 1 atom stereocenters. The van der Waals surface area contributed by atoms with E-state index in [1.807, 2.05) is 24.3 Å². The second kappa shape index (κ2) is 10.8. The Morgan fingerprint density at radius 3 is 2.42 bits per heavy atom. The van der Waals surface area contributed by atoms with Gasteiger partial charge in [0.25, 0.3) is 5.91 Å². The Morgan fingerprint density at radius 2 is 1.77 bits per heavy atom. The Balaban J connectivity index is 1.42. The molecule has 0 saturated heterocycles. The van der Waals surface area contributed by atoms with E-state index in [0.717, 1.165) is 12.0 Å². The lowest BCUT2D eigenvalue weighted by Gasteiger charge is -2.10. The van der Waals surface area contributed by atoms with Crippen molar-refractivity contribution in [1.82, 2.24) is 5.43 Å². The minimum atomic E-state index is -0.576. The van der Waals surface area contributed by atoms with E-state index in [4.69, 9.17) is 13.9 Å². The number of ether oxygens (including phenoxy) is 2. The molecule has 0 spiro atoms. The van der Waals surface area contributed by atoms with E-state index in [0.29, 0.717) is 17.4 Å². The van der Waals surface area contributed by atoms with Crippen LogP contribution in [0.25, 0.3) is 0 Å². The fraction of sp³-hybridized carbons (Fsp3) is 0.208. The van der Waals surface area contributed by atoms with Crippen LogP contribution in [0.5, 0.6) is 11.5 Å². The molecule has 1 aromatic heterocycles. The summed E-state index contributed by atoms with van der Waals surface area (Å²) in [7, 11) is 0. The van der Waals surface area contributed by atoms with Crippen molar-refractivity contribution in [2.24, 2.45) is 5.10 Å². The van der Waals surface area contributed by atoms with Gasteiger partial charge in [0.2, 0.25) is 5.76 Å². The minimum absolute atomic E-state index is 0.127. The van der Waals surface area contributed by atoms with Crippen LogP contribution in [0.1, 0.15) is 47.9 Å². The zero-order valence-electron chi connectivity index (χ0n) is 17.4. The van der Waals surface area contributed by atoms with Crippen molar-refractivity contribution in [3.63, 3.8) is 0 Å². The second-order valence-electron chi connectivity index (χ2n) is 6.90. The molecule has 0 aliphatic rings. The zero-order valence-corrected chi connectivity index (χ0v) is 17.4. The van der Waals surface area contributed by atoms with Crippen molar-refractivity contribution in [2.45, 2.75) is 26.2 Å². The number of esters is 1. The first kappa shape index (κ1) is 21.8. The lowest BCUT2D eigenvalue weighted by molar-refractivity contribution is -0.123. The Labute approximate surface area is 180 Å². The van der Waals surface area contributed by atoms with Crippen LogP contribution in [-0.4, -0.2) is 24.7 Å². The van der Waals surface area contributed by atoms with Gasteiger partial charge >= 0.3 is 5.97 Å². The van der Waals surface area contributed by atoms with Crippen LogP contribution in [0, 0.1) is 0 Å². The van der Waals surface area contributed by atoms with Crippen LogP contribution in [0.15, 0.2) is 76.4 Å². The molecule has 0 radical (unpaired) electrons. The predicted octanol–water partition coefficient (Wildman–Crippen LogP) is 4.54. The number of nitrogens with one attached hydrogen (secondary N) is 1. The molecule has 160 valence electrons. The number of nitrogens with zero attached hydrogens (tertiary/aromatic N) is 1. The fourth-order valence-electron chi connectivity index (χ4n) is 2.66. The number of furan rings is 1. The topological polar surface area (TPSA) is 90.1 Å². The monoisotopic (exact) mass is 420 g/mol. The number of hydrogen-bond acceptors (Lipinski definition) is 6. The number of benzene rings is 2. The first-order valence-electron chi connectivity index (χ1n) is 9.95. The molecule has 31 heavy (non-hydrogen) atoms. The van der Waals surface area contributed by atoms with Gasteiger partial charge in [-0.15, -0.1) is 0 Å². The van der Waals surface area contributed by atoms with E-state index in [1.54, 1.807) is 30.3 Å². The Kier molecular flexibility index (Phi) is 7.59. The van der Waals surface area contributed by atoms with Crippen LogP contribution < -0.4 is 14.9 Å². The van der Waals surface area contributed by atoms with Gasteiger partial charge in [0.05, 0.1) is 12.5 Å². The van der Waals surface area contributed by atoms with Crippen molar-refractivity contribution in [2.75, 3.05) is 6.61 Å². The van der Waals surface area contributed by atoms with E-state index in [1.165, 1.54) is 24.1 Å². The average Bonchev–Trinajstić information content (AvgIpc) is 3.34. The number of amides is 1. The van der Waals surface area contributed by atoms with Crippen molar-refractivity contribution < 1.29 is 23.5 Å². The highest BCUT2D eigenvalue weighted by Crippen LogP contribution is 2.21. The van der Waals surface area contributed by atoms with E-state index in [9.17, 15) is 9.59 Å². The lowest BCUT2D eigenvalue weighted by atomic mass is 9.99. The van der Waals surface area contributed by atoms with Gasteiger partial charge in [0.15, 0.2) is 6.61 Å². The molecule has 7 nitrogen and oxygen atoms in total. The molecule has 1 unspecified atom stereocenters. The molecule has 0 bridgehead atoms. The number of hydrogen-bond donors (Lipinski definition) is 1. The lowest BCUT2D eigenvalue weighted by Crippen LogP contribution is -2.24. The first-order chi connectivity index (χ1) is 15.0. The van der Waals surface area contributed by atoms with E-state index < -0.39 is 5.97 Å². The second-order valence-corrected chi connectivity index (χ2v) is 6.90. The van der Waals surface area contributed by atoms with E-state index in [2.05, 4.69) is 24.4 Å². The van der Waals surface area contributed by atoms with Crippen LogP contribution in [0.4, 0.5) is 0 Å². The molecule has 0 fully saturated rings. The SMILES string of the molecule is CCC(C)c1ccc(OCC(=O)NN=Cc2ccc(OC(=O)c3ccco3)cc2)cc1. The van der Waals surface area contributed by atoms with Gasteiger partial charge in [-0.2, -0.15) is 5.10 Å². The van der Waals surface area contributed by atoms with E-state index >= 15 is 0 Å². The van der Waals surface area contributed by atoms with Crippen LogP contribution in [0.2, 0.25) is 0 Å². The summed E-state index contributed by atoms with van der Waals surface area (Å²) >= 11 is 0. The van der Waals surface area contributed by atoms with E-state index in [-0.39, 0.29) is 18.3 Å². The Morgan fingerprint density at radius 1 is 1.06 bits per heavy atom. The zero-order chi connectivity index (χ0) is 22.1. The molecule has 0 aliphatic heterocycles. The third kappa shape index (κ3) is 6.57. The van der Waals surface area contributed by atoms with Crippen LogP contribution in [-0.2, 0) is 4.79 Å². The molecular weight excluding hydrogens is 396 g/mol. The van der Waals surface area contributed by atoms with Gasteiger partial charge in [0, 0.05) is 0 Å². The molecule has 3 aromatic rings. The number of carbonyl (C=O) groups excluding carboxylic acids is 2. The van der Waals surface area contributed by atoms with Crippen LogP contribution in [0.3, 0.4) is 0 Å². The van der Waals surface area contributed by atoms with Crippen molar-refractivity contribution in [3.8, 4) is 11.5 Å². The minimum Gasteiger partial charge on any atom is -0.484 e. The predicted molar refractivity (Wildman–Crippen MR) is 116 cm³/mol. The van der Waals surface area contributed by atoms with Gasteiger partial charge in [-0.3, -0.25) is 4.79 Å². The summed E-state index contributed by atoms with van der Waals surface area (Å²) < 4.78 is 15.7. The molecule has 3 rings (SSSR count). The molecule has 2 aromatic carbocycles. The third-order valence-corrected chi connectivity index (χ3v) is 4.65. The average molecular weight is 420 g/mol. The van der Waals surface area contributed by atoms with Gasteiger partial charge in [-0.1, -0.05) is 26.0 Å².